The van der Waals surface area contributed by atoms with Gasteiger partial charge in [0.2, 0.25) is 0 Å². The van der Waals surface area contributed by atoms with Crippen LogP contribution < -0.4 is 5.32 Å². The van der Waals surface area contributed by atoms with E-state index >= 15 is 0 Å². The molecule has 1 fully saturated rings. The fourth-order valence-electron chi connectivity index (χ4n) is 3.88. The molecule has 0 saturated carbocycles. The van der Waals surface area contributed by atoms with E-state index in [-0.39, 0.29) is 0 Å². The topological polar surface area (TPSA) is 32.3 Å². The van der Waals surface area contributed by atoms with E-state index in [0.29, 0.717) is 6.04 Å². The van der Waals surface area contributed by atoms with Crippen LogP contribution in [0.4, 0.5) is 0 Å². The highest BCUT2D eigenvalue weighted by Gasteiger charge is 2.27. The minimum absolute atomic E-state index is 0.494. The third-order valence-electron chi connectivity index (χ3n) is 4.85. The summed E-state index contributed by atoms with van der Waals surface area (Å²) in [6, 6.07) is 7.30. The standard InChI is InChI=1S/C18H27NO/c1-18(20,13-17-7-2-3-10-19-17)12-14-8-9-15-5-4-6-16(15)11-14/h8-9,11,17,19-20H,2-7,10,12-13H2,1H3. The van der Waals surface area contributed by atoms with Crippen LogP contribution in [0.25, 0.3) is 0 Å². The number of aryl methyl sites for hydroxylation is 2. The third kappa shape index (κ3) is 3.42. The molecule has 110 valence electrons. The molecule has 0 aromatic heterocycles. The summed E-state index contributed by atoms with van der Waals surface area (Å²) < 4.78 is 0. The van der Waals surface area contributed by atoms with E-state index in [2.05, 4.69) is 23.5 Å². The van der Waals surface area contributed by atoms with Crippen molar-refractivity contribution in [1.82, 2.24) is 5.32 Å². The van der Waals surface area contributed by atoms with Crippen LogP contribution in [0.15, 0.2) is 18.2 Å². The zero-order chi connectivity index (χ0) is 14.0. The Bertz CT molecular complexity index is 460. The van der Waals surface area contributed by atoms with Gasteiger partial charge >= 0.3 is 0 Å². The SMILES string of the molecule is CC(O)(Cc1ccc2c(c1)CCC2)CC1CCCCN1. The number of nitrogens with one attached hydrogen (secondary N) is 1. The number of fused-ring (bicyclic) bond motifs is 1. The fourth-order valence-corrected chi connectivity index (χ4v) is 3.88. The van der Waals surface area contributed by atoms with Gasteiger partial charge in [-0.25, -0.2) is 0 Å². The van der Waals surface area contributed by atoms with Crippen LogP contribution in [0.2, 0.25) is 0 Å². The van der Waals surface area contributed by atoms with E-state index in [1.165, 1.54) is 55.2 Å². The molecule has 2 heteroatoms. The molecule has 2 nitrogen and oxygen atoms in total. The van der Waals surface area contributed by atoms with Gasteiger partial charge in [-0.2, -0.15) is 0 Å². The molecule has 1 aliphatic carbocycles. The van der Waals surface area contributed by atoms with E-state index in [0.717, 1.165) is 19.4 Å². The van der Waals surface area contributed by atoms with E-state index in [1.807, 2.05) is 6.92 Å². The third-order valence-corrected chi connectivity index (χ3v) is 4.85. The first-order valence-electron chi connectivity index (χ1n) is 8.19. The molecule has 1 aliphatic heterocycles. The molecule has 1 saturated heterocycles. The summed E-state index contributed by atoms with van der Waals surface area (Å²) in [5.41, 5.74) is 3.73. The fraction of sp³-hybridized carbons (Fsp3) is 0.667. The monoisotopic (exact) mass is 273 g/mol. The van der Waals surface area contributed by atoms with E-state index in [1.54, 1.807) is 0 Å². The summed E-state index contributed by atoms with van der Waals surface area (Å²) in [7, 11) is 0. The van der Waals surface area contributed by atoms with E-state index < -0.39 is 5.60 Å². The Labute approximate surface area is 122 Å². The molecule has 0 bridgehead atoms. The van der Waals surface area contributed by atoms with Crippen molar-refractivity contribution in [2.45, 2.75) is 69.9 Å². The van der Waals surface area contributed by atoms with Crippen molar-refractivity contribution >= 4 is 0 Å². The van der Waals surface area contributed by atoms with Gasteiger partial charge in [-0.05, 0) is 68.7 Å². The van der Waals surface area contributed by atoms with Gasteiger partial charge < -0.3 is 10.4 Å². The van der Waals surface area contributed by atoms with Gasteiger partial charge in [0.15, 0.2) is 0 Å². The van der Waals surface area contributed by atoms with Crippen LogP contribution in [0.3, 0.4) is 0 Å². The maximum absolute atomic E-state index is 10.7. The van der Waals surface area contributed by atoms with E-state index in [9.17, 15) is 5.11 Å². The molecule has 2 aliphatic rings. The van der Waals surface area contributed by atoms with Crippen molar-refractivity contribution in [3.63, 3.8) is 0 Å². The minimum atomic E-state index is -0.595. The summed E-state index contributed by atoms with van der Waals surface area (Å²) in [4.78, 5) is 0. The zero-order valence-corrected chi connectivity index (χ0v) is 12.6. The second kappa shape index (κ2) is 5.87. The van der Waals surface area contributed by atoms with Crippen LogP contribution in [0, 0.1) is 0 Å². The molecular formula is C18H27NO. The summed E-state index contributed by atoms with van der Waals surface area (Å²) >= 11 is 0. The first-order chi connectivity index (χ1) is 9.62. The van der Waals surface area contributed by atoms with Crippen LogP contribution in [-0.2, 0) is 19.3 Å². The lowest BCUT2D eigenvalue weighted by Crippen LogP contribution is -2.41. The van der Waals surface area contributed by atoms with Crippen molar-refractivity contribution in [2.24, 2.45) is 0 Å². The average molecular weight is 273 g/mol. The Morgan fingerprint density at radius 1 is 1.20 bits per heavy atom. The lowest BCUT2D eigenvalue weighted by molar-refractivity contribution is 0.0371. The molecule has 2 atom stereocenters. The van der Waals surface area contributed by atoms with Crippen molar-refractivity contribution in [3.05, 3.63) is 34.9 Å². The number of aliphatic hydroxyl groups is 1. The van der Waals surface area contributed by atoms with Crippen molar-refractivity contribution < 1.29 is 5.11 Å². The molecular weight excluding hydrogens is 246 g/mol. The van der Waals surface area contributed by atoms with Gasteiger partial charge in [0.1, 0.15) is 0 Å². The highest BCUT2D eigenvalue weighted by atomic mass is 16.3. The molecule has 1 aromatic rings. The van der Waals surface area contributed by atoms with Gasteiger partial charge in [0.25, 0.3) is 0 Å². The van der Waals surface area contributed by atoms with Gasteiger partial charge in [0.05, 0.1) is 5.60 Å². The molecule has 20 heavy (non-hydrogen) atoms. The largest absolute Gasteiger partial charge is 0.390 e. The van der Waals surface area contributed by atoms with Crippen LogP contribution in [-0.4, -0.2) is 23.3 Å². The summed E-state index contributed by atoms with van der Waals surface area (Å²) in [5.74, 6) is 0. The van der Waals surface area contributed by atoms with Gasteiger partial charge in [-0.3, -0.25) is 0 Å². The van der Waals surface area contributed by atoms with E-state index in [4.69, 9.17) is 0 Å². The average Bonchev–Trinajstić information content (AvgIpc) is 2.86. The Morgan fingerprint density at radius 2 is 2.05 bits per heavy atom. The molecule has 1 aromatic carbocycles. The predicted molar refractivity (Wildman–Crippen MR) is 83.1 cm³/mol. The predicted octanol–water partition coefficient (Wildman–Crippen LogP) is 3.00. The molecule has 0 radical (unpaired) electrons. The van der Waals surface area contributed by atoms with Crippen LogP contribution in [0.5, 0.6) is 0 Å². The lowest BCUT2D eigenvalue weighted by atomic mass is 9.86. The highest BCUT2D eigenvalue weighted by molar-refractivity contribution is 5.35. The van der Waals surface area contributed by atoms with Gasteiger partial charge in [-0.1, -0.05) is 24.6 Å². The van der Waals surface area contributed by atoms with Crippen molar-refractivity contribution in [3.8, 4) is 0 Å². The number of hydrogen-bond donors (Lipinski definition) is 2. The van der Waals surface area contributed by atoms with Crippen LogP contribution >= 0.6 is 0 Å². The zero-order valence-electron chi connectivity index (χ0n) is 12.6. The number of rotatable bonds is 4. The van der Waals surface area contributed by atoms with Gasteiger partial charge in [-0.15, -0.1) is 0 Å². The molecule has 0 spiro atoms. The number of benzene rings is 1. The number of hydrogen-bond acceptors (Lipinski definition) is 2. The van der Waals surface area contributed by atoms with Crippen molar-refractivity contribution in [2.75, 3.05) is 6.54 Å². The lowest BCUT2D eigenvalue weighted by Gasteiger charge is -2.31. The van der Waals surface area contributed by atoms with Crippen molar-refractivity contribution in [1.29, 1.82) is 0 Å². The highest BCUT2D eigenvalue weighted by Crippen LogP contribution is 2.27. The molecule has 2 N–H and O–H groups in total. The second-order valence-electron chi connectivity index (χ2n) is 6.98. The van der Waals surface area contributed by atoms with Gasteiger partial charge in [0, 0.05) is 12.5 Å². The first kappa shape index (κ1) is 14.1. The first-order valence-corrected chi connectivity index (χ1v) is 8.19. The Balaban J connectivity index is 1.63. The smallest absolute Gasteiger partial charge is 0.0674 e. The Kier molecular flexibility index (Phi) is 4.13. The van der Waals surface area contributed by atoms with Crippen LogP contribution in [0.1, 0.15) is 55.7 Å². The summed E-state index contributed by atoms with van der Waals surface area (Å²) in [5, 5.41) is 14.3. The maximum atomic E-state index is 10.7. The molecule has 0 amide bonds. The Hall–Kier alpha value is -0.860. The normalized spacial score (nSPS) is 25.2. The Morgan fingerprint density at radius 3 is 2.85 bits per heavy atom. The molecule has 1 heterocycles. The number of piperidine rings is 1. The molecule has 3 rings (SSSR count). The summed E-state index contributed by atoms with van der Waals surface area (Å²) in [6.45, 7) is 3.11. The minimum Gasteiger partial charge on any atom is -0.390 e. The summed E-state index contributed by atoms with van der Waals surface area (Å²) in [6.07, 6.45) is 9.17. The quantitative estimate of drug-likeness (QED) is 0.884. The maximum Gasteiger partial charge on any atom is 0.0674 e. The molecule has 2 unspecified atom stereocenters. The second-order valence-corrected chi connectivity index (χ2v) is 6.98.